The molecule has 0 N–H and O–H groups in total. The Bertz CT molecular complexity index is 722. The minimum atomic E-state index is -5.03. The summed E-state index contributed by atoms with van der Waals surface area (Å²) in [5.74, 6) is -11.7. The Kier molecular flexibility index (Phi) is 4.37. The summed E-state index contributed by atoms with van der Waals surface area (Å²) in [7, 11) is 0. The first-order chi connectivity index (χ1) is 10.1. The molecule has 0 radical (unpaired) electrons. The molecular formula is C13H3F8I. The van der Waals surface area contributed by atoms with E-state index in [1.807, 2.05) is 0 Å². The quantitative estimate of drug-likeness (QED) is 0.233. The van der Waals surface area contributed by atoms with Crippen molar-refractivity contribution in [1.29, 1.82) is 0 Å². The molecule has 0 atom stereocenters. The number of benzene rings is 2. The lowest BCUT2D eigenvalue weighted by Crippen LogP contribution is -2.11. The van der Waals surface area contributed by atoms with Crippen LogP contribution in [0.1, 0.15) is 5.56 Å². The van der Waals surface area contributed by atoms with Crippen molar-refractivity contribution >= 4 is 22.6 Å². The van der Waals surface area contributed by atoms with Crippen molar-refractivity contribution in [3.8, 4) is 11.1 Å². The van der Waals surface area contributed by atoms with Crippen LogP contribution >= 0.6 is 22.6 Å². The van der Waals surface area contributed by atoms with Crippen LogP contribution in [-0.2, 0) is 6.18 Å². The Balaban J connectivity index is 2.90. The summed E-state index contributed by atoms with van der Waals surface area (Å²) in [5.41, 5.74) is -4.23. The highest BCUT2D eigenvalue weighted by Gasteiger charge is 2.37. The van der Waals surface area contributed by atoms with Gasteiger partial charge < -0.3 is 0 Å². The van der Waals surface area contributed by atoms with Gasteiger partial charge >= 0.3 is 6.18 Å². The van der Waals surface area contributed by atoms with Gasteiger partial charge in [-0.3, -0.25) is 0 Å². The third-order valence-corrected chi connectivity index (χ3v) is 3.44. The van der Waals surface area contributed by atoms with Crippen LogP contribution in [0.4, 0.5) is 35.1 Å². The van der Waals surface area contributed by atoms with Crippen LogP contribution < -0.4 is 0 Å². The normalized spacial score (nSPS) is 11.9. The number of hydrogen-bond acceptors (Lipinski definition) is 0. The number of hydrogen-bond donors (Lipinski definition) is 0. The van der Waals surface area contributed by atoms with Crippen LogP contribution in [0, 0.1) is 32.7 Å². The average molecular weight is 438 g/mol. The van der Waals surface area contributed by atoms with Gasteiger partial charge in [0.15, 0.2) is 23.3 Å². The predicted octanol–water partition coefficient (Wildman–Crippen LogP) is 5.67. The summed E-state index contributed by atoms with van der Waals surface area (Å²) in [6.07, 6.45) is -5.03. The van der Waals surface area contributed by atoms with Gasteiger partial charge in [-0.05, 0) is 34.7 Å². The second-order valence-electron chi connectivity index (χ2n) is 4.13. The number of halogens is 9. The lowest BCUT2D eigenvalue weighted by atomic mass is 9.97. The van der Waals surface area contributed by atoms with Crippen LogP contribution in [-0.4, -0.2) is 0 Å². The topological polar surface area (TPSA) is 0 Å². The van der Waals surface area contributed by atoms with Gasteiger partial charge in [-0.25, -0.2) is 22.0 Å². The average Bonchev–Trinajstić information content (AvgIpc) is 2.43. The Morgan fingerprint density at radius 1 is 0.727 bits per heavy atom. The molecule has 0 amide bonds. The van der Waals surface area contributed by atoms with Gasteiger partial charge in [0.25, 0.3) is 0 Å². The van der Waals surface area contributed by atoms with E-state index < -0.39 is 52.0 Å². The molecule has 0 nitrogen and oxygen atoms in total. The van der Waals surface area contributed by atoms with E-state index in [2.05, 4.69) is 0 Å². The zero-order chi connectivity index (χ0) is 16.8. The molecule has 118 valence electrons. The van der Waals surface area contributed by atoms with Crippen molar-refractivity contribution < 1.29 is 35.1 Å². The minimum absolute atomic E-state index is 0.0811. The largest absolute Gasteiger partial charge is 0.417 e. The van der Waals surface area contributed by atoms with E-state index in [9.17, 15) is 35.1 Å². The fraction of sp³-hybridized carbons (Fsp3) is 0.0769. The van der Waals surface area contributed by atoms with Crippen molar-refractivity contribution in [2.75, 3.05) is 0 Å². The summed E-state index contributed by atoms with van der Waals surface area (Å²) in [5, 5.41) is 0. The van der Waals surface area contributed by atoms with Crippen LogP contribution in [0.5, 0.6) is 0 Å². The Labute approximate surface area is 131 Å². The van der Waals surface area contributed by atoms with Gasteiger partial charge in [0, 0.05) is 9.13 Å². The second-order valence-corrected chi connectivity index (χ2v) is 5.38. The second kappa shape index (κ2) is 5.67. The first-order valence-electron chi connectivity index (χ1n) is 5.44. The van der Waals surface area contributed by atoms with Crippen molar-refractivity contribution in [2.45, 2.75) is 6.18 Å². The van der Waals surface area contributed by atoms with E-state index >= 15 is 0 Å². The molecule has 0 aromatic heterocycles. The Morgan fingerprint density at radius 3 is 1.64 bits per heavy atom. The maximum atomic E-state index is 13.7. The zero-order valence-electron chi connectivity index (χ0n) is 10.1. The van der Waals surface area contributed by atoms with Crippen molar-refractivity contribution in [1.82, 2.24) is 0 Å². The summed E-state index contributed by atoms with van der Waals surface area (Å²) in [4.78, 5) is 0. The Hall–Kier alpha value is -1.39. The van der Waals surface area contributed by atoms with Crippen molar-refractivity contribution in [3.63, 3.8) is 0 Å². The van der Waals surface area contributed by atoms with E-state index in [0.717, 1.165) is 6.07 Å². The molecule has 2 aromatic carbocycles. The summed E-state index contributed by atoms with van der Waals surface area (Å²) >= 11 is 1.52. The number of alkyl halides is 3. The smallest absolute Gasteiger partial charge is 0.203 e. The number of rotatable bonds is 1. The molecule has 2 rings (SSSR count). The van der Waals surface area contributed by atoms with Gasteiger partial charge in [-0.15, -0.1) is 0 Å². The van der Waals surface area contributed by atoms with Crippen molar-refractivity contribution in [2.24, 2.45) is 0 Å². The van der Waals surface area contributed by atoms with Crippen molar-refractivity contribution in [3.05, 3.63) is 56.4 Å². The maximum Gasteiger partial charge on any atom is 0.417 e. The van der Waals surface area contributed by atoms with E-state index in [1.165, 1.54) is 22.6 Å². The molecule has 2 aromatic rings. The van der Waals surface area contributed by atoms with Gasteiger partial charge in [0.1, 0.15) is 0 Å². The molecule has 0 aliphatic heterocycles. The molecular weight excluding hydrogens is 435 g/mol. The van der Waals surface area contributed by atoms with E-state index in [1.54, 1.807) is 0 Å². The molecule has 0 aliphatic rings. The first-order valence-corrected chi connectivity index (χ1v) is 6.52. The molecule has 22 heavy (non-hydrogen) atoms. The Morgan fingerprint density at radius 2 is 1.18 bits per heavy atom. The highest BCUT2D eigenvalue weighted by atomic mass is 127. The van der Waals surface area contributed by atoms with E-state index in [0.29, 0.717) is 12.1 Å². The lowest BCUT2D eigenvalue weighted by molar-refractivity contribution is -0.137. The third-order valence-electron chi connectivity index (χ3n) is 2.77. The summed E-state index contributed by atoms with van der Waals surface area (Å²) in [6, 6.07) is 2.26. The molecule has 0 heterocycles. The monoisotopic (exact) mass is 438 g/mol. The zero-order valence-corrected chi connectivity index (χ0v) is 12.3. The first kappa shape index (κ1) is 17.0. The highest BCUT2D eigenvalue weighted by molar-refractivity contribution is 14.1. The predicted molar refractivity (Wildman–Crippen MR) is 69.4 cm³/mol. The van der Waals surface area contributed by atoms with Crippen LogP contribution in [0.25, 0.3) is 11.1 Å². The molecule has 0 unspecified atom stereocenters. The van der Waals surface area contributed by atoms with Crippen LogP contribution in [0.3, 0.4) is 0 Å². The van der Waals surface area contributed by atoms with Gasteiger partial charge in [0.2, 0.25) is 5.82 Å². The summed E-state index contributed by atoms with van der Waals surface area (Å²) < 4.78 is 106. The molecule has 0 fully saturated rings. The standard InChI is InChI=1S/C13H3F8I/c14-8-7(9(15)11(17)12(18)10(8)16)5-2-1-4(22)3-6(5)13(19,20)21/h1-3H. The molecule has 0 aliphatic carbocycles. The van der Waals surface area contributed by atoms with Crippen LogP contribution in [0.15, 0.2) is 18.2 Å². The van der Waals surface area contributed by atoms with Gasteiger partial charge in [-0.2, -0.15) is 13.2 Å². The van der Waals surface area contributed by atoms with E-state index in [4.69, 9.17) is 0 Å². The molecule has 0 bridgehead atoms. The molecule has 0 saturated carbocycles. The SMILES string of the molecule is Fc1c(F)c(F)c(-c2ccc(I)cc2C(F)(F)F)c(F)c1F. The van der Waals surface area contributed by atoms with Gasteiger partial charge in [-0.1, -0.05) is 6.07 Å². The minimum Gasteiger partial charge on any atom is -0.203 e. The molecule has 0 spiro atoms. The third kappa shape index (κ3) is 2.77. The highest BCUT2D eigenvalue weighted by Crippen LogP contribution is 2.41. The molecule has 9 heteroatoms. The van der Waals surface area contributed by atoms with Crippen LogP contribution in [0.2, 0.25) is 0 Å². The fourth-order valence-electron chi connectivity index (χ4n) is 1.81. The van der Waals surface area contributed by atoms with Gasteiger partial charge in [0.05, 0.1) is 11.1 Å². The fourth-order valence-corrected chi connectivity index (χ4v) is 2.30. The molecule has 0 saturated heterocycles. The lowest BCUT2D eigenvalue weighted by Gasteiger charge is -2.15. The van der Waals surface area contributed by atoms with E-state index in [-0.39, 0.29) is 3.57 Å². The summed E-state index contributed by atoms with van der Waals surface area (Å²) in [6.45, 7) is 0. The maximum absolute atomic E-state index is 13.7.